The Labute approximate surface area is 131 Å². The maximum absolute atomic E-state index is 13.0. The molecule has 0 aliphatic carbocycles. The van der Waals surface area contributed by atoms with Crippen LogP contribution in [0.4, 0.5) is 13.2 Å². The quantitative estimate of drug-likeness (QED) is 0.668. The number of alkyl halides is 3. The summed E-state index contributed by atoms with van der Waals surface area (Å²) in [7, 11) is 1.09. The van der Waals surface area contributed by atoms with Crippen LogP contribution in [0.15, 0.2) is 36.6 Å². The normalized spacial score (nSPS) is 12.0. The summed E-state index contributed by atoms with van der Waals surface area (Å²) in [6.07, 6.45) is -3.33. The molecular formula is C16H16F3NO3. The second-order valence-electron chi connectivity index (χ2n) is 4.71. The topological polar surface area (TPSA) is 55.4 Å². The van der Waals surface area contributed by atoms with Crippen molar-refractivity contribution in [2.24, 2.45) is 0 Å². The van der Waals surface area contributed by atoms with Gasteiger partial charge in [-0.1, -0.05) is 18.7 Å². The van der Waals surface area contributed by atoms with Gasteiger partial charge in [0.25, 0.3) is 0 Å². The van der Waals surface area contributed by atoms with Gasteiger partial charge in [-0.05, 0) is 30.2 Å². The van der Waals surface area contributed by atoms with Crippen molar-refractivity contribution in [3.8, 4) is 0 Å². The molecule has 0 radical (unpaired) electrons. The fourth-order valence-electron chi connectivity index (χ4n) is 1.91. The monoisotopic (exact) mass is 327 g/mol. The molecule has 0 fully saturated rings. The Hall–Kier alpha value is -2.53. The van der Waals surface area contributed by atoms with Crippen molar-refractivity contribution >= 4 is 11.9 Å². The van der Waals surface area contributed by atoms with Crippen LogP contribution in [-0.4, -0.2) is 19.0 Å². The number of rotatable bonds is 5. The van der Waals surface area contributed by atoms with Gasteiger partial charge in [0.15, 0.2) is 6.04 Å². The fourth-order valence-corrected chi connectivity index (χ4v) is 1.91. The van der Waals surface area contributed by atoms with Gasteiger partial charge in [0.1, 0.15) is 0 Å². The first-order valence-electron chi connectivity index (χ1n) is 6.60. The minimum absolute atomic E-state index is 0.00860. The third-order valence-electron chi connectivity index (χ3n) is 3.07. The number of methoxy groups -OCH3 is 1. The Morgan fingerprint density at radius 1 is 1.43 bits per heavy atom. The Morgan fingerprint density at radius 2 is 2.09 bits per heavy atom. The Bertz CT molecular complexity index is 646. The lowest BCUT2D eigenvalue weighted by Gasteiger charge is -2.19. The summed E-state index contributed by atoms with van der Waals surface area (Å²) in [6.45, 7) is 4.61. The number of carbonyl (C=O) groups excluding carboxylic acids is 2. The molecule has 1 aromatic carbocycles. The van der Waals surface area contributed by atoms with Gasteiger partial charge in [0.2, 0.25) is 5.91 Å². The van der Waals surface area contributed by atoms with Gasteiger partial charge in [-0.2, -0.15) is 13.2 Å². The van der Waals surface area contributed by atoms with E-state index in [4.69, 9.17) is 0 Å². The summed E-state index contributed by atoms with van der Waals surface area (Å²) < 4.78 is 43.5. The van der Waals surface area contributed by atoms with Gasteiger partial charge >= 0.3 is 12.1 Å². The first kappa shape index (κ1) is 18.5. The van der Waals surface area contributed by atoms with Gasteiger partial charge in [-0.15, -0.1) is 5.73 Å². The van der Waals surface area contributed by atoms with E-state index in [0.29, 0.717) is 0 Å². The second kappa shape index (κ2) is 7.65. The number of carbonyl (C=O) groups is 2. The molecular weight excluding hydrogens is 311 g/mol. The first-order chi connectivity index (χ1) is 10.7. The number of benzene rings is 1. The lowest BCUT2D eigenvalue weighted by Crippen LogP contribution is -2.34. The summed E-state index contributed by atoms with van der Waals surface area (Å²) in [5.41, 5.74) is 1.53. The fraction of sp³-hybridized carbons (Fsp3) is 0.312. The molecule has 0 aliphatic heterocycles. The molecule has 23 heavy (non-hydrogen) atoms. The third kappa shape index (κ3) is 5.00. The Morgan fingerprint density at radius 3 is 2.61 bits per heavy atom. The maximum atomic E-state index is 13.0. The van der Waals surface area contributed by atoms with Crippen molar-refractivity contribution in [3.63, 3.8) is 0 Å². The molecule has 124 valence electrons. The highest BCUT2D eigenvalue weighted by Gasteiger charge is 2.34. The molecule has 0 saturated heterocycles. The highest BCUT2D eigenvalue weighted by molar-refractivity contribution is 5.86. The summed E-state index contributed by atoms with van der Waals surface area (Å²) in [5.74, 6) is -1.43. The molecule has 0 aromatic heterocycles. The molecule has 1 atom stereocenters. The number of ether oxygens (including phenoxy) is 1. The molecule has 1 unspecified atom stereocenters. The highest BCUT2D eigenvalue weighted by Crippen LogP contribution is 2.33. The molecule has 4 nitrogen and oxygen atoms in total. The Kier molecular flexibility index (Phi) is 6.16. The van der Waals surface area contributed by atoms with E-state index >= 15 is 0 Å². The number of aryl methyl sites for hydroxylation is 1. The summed E-state index contributed by atoms with van der Waals surface area (Å²) >= 11 is 0. The molecule has 1 N–H and O–H groups in total. The molecule has 0 spiro atoms. The predicted octanol–water partition coefficient (Wildman–Crippen LogP) is 3.08. The molecule has 1 amide bonds. The summed E-state index contributed by atoms with van der Waals surface area (Å²) in [6, 6.07) is 2.09. The minimum atomic E-state index is -4.56. The zero-order valence-electron chi connectivity index (χ0n) is 12.7. The number of nitrogens with one attached hydrogen (secondary N) is 1. The van der Waals surface area contributed by atoms with Gasteiger partial charge in [0, 0.05) is 0 Å². The standard InChI is InChI=1S/C16H16F3NO3/c1-4-5-6-13(21)20-14(15(22)23-3)11-8-7-10(2)12(9-11)16(17,18)19/h5,7-9,14H,1,6H2,2-3H3,(H,20,21). The van der Waals surface area contributed by atoms with E-state index in [0.717, 1.165) is 13.2 Å². The minimum Gasteiger partial charge on any atom is -0.467 e. The number of halogens is 3. The number of esters is 1. The molecule has 1 rings (SSSR count). The molecule has 0 aliphatic rings. The predicted molar refractivity (Wildman–Crippen MR) is 77.4 cm³/mol. The average Bonchev–Trinajstić information content (AvgIpc) is 2.49. The molecule has 0 saturated carbocycles. The van der Waals surface area contributed by atoms with Crippen LogP contribution < -0.4 is 5.32 Å². The van der Waals surface area contributed by atoms with Crippen molar-refractivity contribution < 1.29 is 27.5 Å². The van der Waals surface area contributed by atoms with Crippen molar-refractivity contribution in [2.45, 2.75) is 25.6 Å². The van der Waals surface area contributed by atoms with Crippen molar-refractivity contribution in [1.82, 2.24) is 5.32 Å². The van der Waals surface area contributed by atoms with Crippen molar-refractivity contribution in [3.05, 3.63) is 53.3 Å². The van der Waals surface area contributed by atoms with Crippen LogP contribution >= 0.6 is 0 Å². The third-order valence-corrected chi connectivity index (χ3v) is 3.07. The van der Waals surface area contributed by atoms with E-state index in [9.17, 15) is 22.8 Å². The van der Waals surface area contributed by atoms with Crippen LogP contribution in [0, 0.1) is 6.92 Å². The number of hydrogen-bond donors (Lipinski definition) is 1. The van der Waals surface area contributed by atoms with E-state index in [1.165, 1.54) is 25.1 Å². The molecule has 1 aromatic rings. The van der Waals surface area contributed by atoms with Crippen LogP contribution in [-0.2, 0) is 20.5 Å². The van der Waals surface area contributed by atoms with Crippen LogP contribution in [0.5, 0.6) is 0 Å². The maximum Gasteiger partial charge on any atom is 0.416 e. The summed E-state index contributed by atoms with van der Waals surface area (Å²) in [4.78, 5) is 23.5. The van der Waals surface area contributed by atoms with E-state index in [1.807, 2.05) is 0 Å². The van der Waals surface area contributed by atoms with Crippen molar-refractivity contribution in [2.75, 3.05) is 7.11 Å². The van der Waals surface area contributed by atoms with Gasteiger partial charge in [0.05, 0.1) is 19.1 Å². The second-order valence-corrected chi connectivity index (χ2v) is 4.71. The number of hydrogen-bond acceptors (Lipinski definition) is 3. The average molecular weight is 327 g/mol. The number of amides is 1. The lowest BCUT2D eigenvalue weighted by atomic mass is 9.99. The Balaban J connectivity index is 3.20. The smallest absolute Gasteiger partial charge is 0.416 e. The van der Waals surface area contributed by atoms with Crippen LogP contribution in [0.3, 0.4) is 0 Å². The zero-order chi connectivity index (χ0) is 17.6. The molecule has 0 heterocycles. The van der Waals surface area contributed by atoms with E-state index in [1.54, 1.807) is 0 Å². The van der Waals surface area contributed by atoms with E-state index in [-0.39, 0.29) is 17.5 Å². The van der Waals surface area contributed by atoms with Gasteiger partial charge < -0.3 is 10.1 Å². The van der Waals surface area contributed by atoms with Crippen LogP contribution in [0.25, 0.3) is 0 Å². The largest absolute Gasteiger partial charge is 0.467 e. The first-order valence-corrected chi connectivity index (χ1v) is 6.60. The van der Waals surface area contributed by atoms with Crippen molar-refractivity contribution in [1.29, 1.82) is 0 Å². The highest BCUT2D eigenvalue weighted by atomic mass is 19.4. The summed E-state index contributed by atoms with van der Waals surface area (Å²) in [5, 5.41) is 2.34. The molecule has 7 heteroatoms. The van der Waals surface area contributed by atoms with Gasteiger partial charge in [-0.25, -0.2) is 4.79 Å². The lowest BCUT2D eigenvalue weighted by molar-refractivity contribution is -0.145. The van der Waals surface area contributed by atoms with E-state index < -0.39 is 29.7 Å². The van der Waals surface area contributed by atoms with E-state index in [2.05, 4.69) is 22.4 Å². The zero-order valence-corrected chi connectivity index (χ0v) is 12.7. The van der Waals surface area contributed by atoms with Gasteiger partial charge in [-0.3, -0.25) is 4.79 Å². The molecule has 0 bridgehead atoms. The van der Waals surface area contributed by atoms with Crippen LogP contribution in [0.1, 0.15) is 29.2 Å². The SMILES string of the molecule is C=C=CCC(=O)NC(C(=O)OC)c1ccc(C)c(C(F)(F)F)c1. The van der Waals surface area contributed by atoms with Crippen LogP contribution in [0.2, 0.25) is 0 Å².